The van der Waals surface area contributed by atoms with Gasteiger partial charge in [-0.1, -0.05) is 6.07 Å². The van der Waals surface area contributed by atoms with Crippen LogP contribution in [-0.4, -0.2) is 48.7 Å². The van der Waals surface area contributed by atoms with Crippen molar-refractivity contribution in [2.75, 3.05) is 13.7 Å². The highest BCUT2D eigenvalue weighted by Gasteiger charge is 2.66. The molecule has 1 aromatic carbocycles. The second-order valence-electron chi connectivity index (χ2n) is 8.28. The van der Waals surface area contributed by atoms with Crippen molar-refractivity contribution in [2.24, 2.45) is 5.92 Å². The van der Waals surface area contributed by atoms with E-state index >= 15 is 0 Å². The number of amides is 1. The van der Waals surface area contributed by atoms with Crippen LogP contribution in [0, 0.1) is 5.92 Å². The topological polar surface area (TPSA) is 65.1 Å². The standard InChI is InChI=1S/C21H25NO5/c1-11(23)22-9-8-21-14-5-7-17(26-12(2)24)20(21)27-19-16(25-3)6-4-13(18(19)21)10-15(14)22/h4,6,14-15,17,20H,5,7-10H2,1-3H3/t14-,15+,17?,20-,21-/m1/s1. The summed E-state index contributed by atoms with van der Waals surface area (Å²) in [7, 11) is 1.66. The normalized spacial score (nSPS) is 35.1. The van der Waals surface area contributed by atoms with E-state index in [9.17, 15) is 9.59 Å². The van der Waals surface area contributed by atoms with Gasteiger partial charge in [0.25, 0.3) is 0 Å². The monoisotopic (exact) mass is 371 g/mol. The van der Waals surface area contributed by atoms with Crippen LogP contribution >= 0.6 is 0 Å². The Morgan fingerprint density at radius 3 is 2.78 bits per heavy atom. The SMILES string of the molecule is COc1ccc2c3c1O[C@@H]1C(OC(C)=O)CC[C@@H]4[C@H](C2)N(C(C)=O)CC[C@@]314. The fourth-order valence-electron chi connectivity index (χ4n) is 6.37. The zero-order valence-corrected chi connectivity index (χ0v) is 16.0. The number of carbonyl (C=O) groups excluding carboxylic acids is 2. The zero-order chi connectivity index (χ0) is 18.9. The number of methoxy groups -OCH3 is 1. The van der Waals surface area contributed by atoms with Crippen molar-refractivity contribution in [3.8, 4) is 11.5 Å². The van der Waals surface area contributed by atoms with E-state index in [2.05, 4.69) is 6.07 Å². The highest BCUT2D eigenvalue weighted by atomic mass is 16.6. The Hall–Kier alpha value is -2.24. The zero-order valence-electron chi connectivity index (χ0n) is 16.0. The molecule has 144 valence electrons. The molecular weight excluding hydrogens is 346 g/mol. The Bertz CT molecular complexity index is 836. The molecule has 2 fully saturated rings. The van der Waals surface area contributed by atoms with Crippen LogP contribution in [0.2, 0.25) is 0 Å². The fourth-order valence-corrected chi connectivity index (χ4v) is 6.37. The van der Waals surface area contributed by atoms with E-state index in [1.165, 1.54) is 18.1 Å². The van der Waals surface area contributed by atoms with Gasteiger partial charge in [-0.3, -0.25) is 9.59 Å². The lowest BCUT2D eigenvalue weighted by atomic mass is 9.51. The molecule has 5 atom stereocenters. The Labute approximate surface area is 158 Å². The van der Waals surface area contributed by atoms with Crippen molar-refractivity contribution in [2.45, 2.75) is 63.2 Å². The van der Waals surface area contributed by atoms with Gasteiger partial charge in [0.2, 0.25) is 5.91 Å². The summed E-state index contributed by atoms with van der Waals surface area (Å²) in [6.07, 6.45) is 2.93. The molecule has 1 spiro atoms. The number of ether oxygens (including phenoxy) is 3. The Balaban J connectivity index is 1.69. The predicted octanol–water partition coefficient (Wildman–Crippen LogP) is 2.21. The molecule has 1 saturated carbocycles. The highest BCUT2D eigenvalue weighted by Crippen LogP contribution is 2.64. The van der Waals surface area contributed by atoms with Crippen LogP contribution in [0.1, 0.15) is 44.2 Å². The van der Waals surface area contributed by atoms with Crippen LogP contribution in [0.4, 0.5) is 0 Å². The minimum atomic E-state index is -0.268. The molecule has 0 radical (unpaired) electrons. The highest BCUT2D eigenvalue weighted by molar-refractivity contribution is 5.75. The number of hydrogen-bond acceptors (Lipinski definition) is 5. The van der Waals surface area contributed by atoms with Gasteiger partial charge in [0.05, 0.1) is 7.11 Å². The molecule has 2 bridgehead atoms. The Morgan fingerprint density at radius 1 is 1.26 bits per heavy atom. The first-order chi connectivity index (χ1) is 13.0. The molecule has 2 heterocycles. The molecule has 1 aromatic rings. The average molecular weight is 371 g/mol. The summed E-state index contributed by atoms with van der Waals surface area (Å²) in [5.74, 6) is 1.76. The largest absolute Gasteiger partial charge is 0.493 e. The van der Waals surface area contributed by atoms with Crippen LogP contribution in [0.15, 0.2) is 12.1 Å². The third-order valence-corrected chi connectivity index (χ3v) is 7.19. The maximum Gasteiger partial charge on any atom is 0.303 e. The number of esters is 1. The summed E-state index contributed by atoms with van der Waals surface area (Å²) in [6.45, 7) is 3.85. The van der Waals surface area contributed by atoms with Crippen molar-refractivity contribution in [1.29, 1.82) is 0 Å². The minimum Gasteiger partial charge on any atom is -0.493 e. The second kappa shape index (κ2) is 5.63. The summed E-state index contributed by atoms with van der Waals surface area (Å²) >= 11 is 0. The first-order valence-corrected chi connectivity index (χ1v) is 9.78. The van der Waals surface area contributed by atoms with Gasteiger partial charge < -0.3 is 19.1 Å². The third kappa shape index (κ3) is 2.07. The third-order valence-electron chi connectivity index (χ3n) is 7.19. The van der Waals surface area contributed by atoms with Gasteiger partial charge in [-0.25, -0.2) is 0 Å². The van der Waals surface area contributed by atoms with Crippen molar-refractivity contribution < 1.29 is 23.8 Å². The molecule has 0 aromatic heterocycles. The summed E-state index contributed by atoms with van der Waals surface area (Å²) in [6, 6.07) is 4.26. The number of carbonyl (C=O) groups is 2. The second-order valence-corrected chi connectivity index (χ2v) is 8.28. The van der Waals surface area contributed by atoms with Crippen LogP contribution in [0.3, 0.4) is 0 Å². The number of nitrogens with zero attached hydrogens (tertiary/aromatic N) is 1. The van der Waals surface area contributed by atoms with Crippen LogP contribution < -0.4 is 9.47 Å². The Kier molecular flexibility index (Phi) is 3.52. The molecule has 6 heteroatoms. The molecular formula is C21H25NO5. The minimum absolute atomic E-state index is 0.143. The van der Waals surface area contributed by atoms with Gasteiger partial charge >= 0.3 is 5.97 Å². The Morgan fingerprint density at radius 2 is 2.07 bits per heavy atom. The van der Waals surface area contributed by atoms with E-state index in [0.29, 0.717) is 5.92 Å². The molecule has 27 heavy (non-hydrogen) atoms. The summed E-state index contributed by atoms with van der Waals surface area (Å²) < 4.78 is 17.8. The molecule has 2 aliphatic heterocycles. The van der Waals surface area contributed by atoms with Gasteiger partial charge in [-0.05, 0) is 43.2 Å². The van der Waals surface area contributed by atoms with Crippen LogP contribution in [0.5, 0.6) is 11.5 Å². The summed E-state index contributed by atoms with van der Waals surface area (Å²) in [5, 5.41) is 0. The number of likely N-dealkylation sites (tertiary alicyclic amines) is 1. The molecule has 2 aliphatic carbocycles. The van der Waals surface area contributed by atoms with Gasteiger partial charge in [-0.15, -0.1) is 0 Å². The van der Waals surface area contributed by atoms with Crippen molar-refractivity contribution in [1.82, 2.24) is 4.90 Å². The quantitative estimate of drug-likeness (QED) is 0.746. The molecule has 1 saturated heterocycles. The van der Waals surface area contributed by atoms with Crippen molar-refractivity contribution >= 4 is 11.9 Å². The van der Waals surface area contributed by atoms with Gasteiger partial charge in [0.1, 0.15) is 12.2 Å². The predicted molar refractivity (Wildman–Crippen MR) is 96.9 cm³/mol. The van der Waals surface area contributed by atoms with E-state index in [0.717, 1.165) is 43.7 Å². The van der Waals surface area contributed by atoms with Crippen LogP contribution in [-0.2, 0) is 26.2 Å². The first kappa shape index (κ1) is 16.9. The number of piperidine rings is 1. The fraction of sp³-hybridized carbons (Fsp3) is 0.619. The van der Waals surface area contributed by atoms with Crippen molar-refractivity contribution in [3.63, 3.8) is 0 Å². The molecule has 0 N–H and O–H groups in total. The lowest BCUT2D eigenvalue weighted by Gasteiger charge is -2.59. The van der Waals surface area contributed by atoms with E-state index in [4.69, 9.17) is 14.2 Å². The maximum atomic E-state index is 12.3. The molecule has 6 nitrogen and oxygen atoms in total. The molecule has 5 rings (SSSR count). The van der Waals surface area contributed by atoms with Gasteiger partial charge in [0.15, 0.2) is 11.5 Å². The number of hydrogen-bond donors (Lipinski definition) is 0. The average Bonchev–Trinajstić information content (AvgIpc) is 2.96. The maximum absolute atomic E-state index is 12.3. The van der Waals surface area contributed by atoms with E-state index in [1.807, 2.05) is 11.0 Å². The smallest absolute Gasteiger partial charge is 0.303 e. The lowest BCUT2D eigenvalue weighted by Crippen LogP contribution is -2.67. The van der Waals surface area contributed by atoms with E-state index < -0.39 is 0 Å². The number of rotatable bonds is 2. The summed E-state index contributed by atoms with van der Waals surface area (Å²) in [4.78, 5) is 26.1. The van der Waals surface area contributed by atoms with Gasteiger partial charge in [0, 0.05) is 37.4 Å². The lowest BCUT2D eigenvalue weighted by molar-refractivity contribution is -0.166. The van der Waals surface area contributed by atoms with Gasteiger partial charge in [-0.2, -0.15) is 0 Å². The van der Waals surface area contributed by atoms with E-state index in [1.54, 1.807) is 14.0 Å². The molecule has 4 aliphatic rings. The molecule has 1 amide bonds. The summed E-state index contributed by atoms with van der Waals surface area (Å²) in [5.41, 5.74) is 2.28. The molecule has 1 unspecified atom stereocenters. The van der Waals surface area contributed by atoms with Crippen LogP contribution in [0.25, 0.3) is 0 Å². The van der Waals surface area contributed by atoms with Crippen molar-refractivity contribution in [3.05, 3.63) is 23.3 Å². The first-order valence-electron chi connectivity index (χ1n) is 9.78. The van der Waals surface area contributed by atoms with E-state index in [-0.39, 0.29) is 35.5 Å². The number of benzene rings is 1.